The van der Waals surface area contributed by atoms with E-state index in [1.807, 2.05) is 12.1 Å². The molecular formula is C16H26Cl2N4O. The minimum absolute atomic E-state index is 0. The number of hydrogen-bond acceptors (Lipinski definition) is 4. The maximum Gasteiger partial charge on any atom is 0.255 e. The van der Waals surface area contributed by atoms with Gasteiger partial charge in [0.2, 0.25) is 0 Å². The van der Waals surface area contributed by atoms with Gasteiger partial charge in [0.05, 0.1) is 5.56 Å². The summed E-state index contributed by atoms with van der Waals surface area (Å²) in [6.07, 6.45) is 7.44. The van der Waals surface area contributed by atoms with Crippen LogP contribution in [0.3, 0.4) is 0 Å². The van der Waals surface area contributed by atoms with Crippen LogP contribution in [0.4, 0.5) is 5.82 Å². The Morgan fingerprint density at radius 1 is 1.17 bits per heavy atom. The Morgan fingerprint density at radius 2 is 1.87 bits per heavy atom. The Labute approximate surface area is 150 Å². The van der Waals surface area contributed by atoms with Gasteiger partial charge >= 0.3 is 0 Å². The smallest absolute Gasteiger partial charge is 0.255 e. The quantitative estimate of drug-likeness (QED) is 0.868. The molecule has 0 atom stereocenters. The number of carbonyl (C=O) groups is 1. The van der Waals surface area contributed by atoms with Gasteiger partial charge in [0, 0.05) is 25.3 Å². The minimum Gasteiger partial charge on any atom is -0.356 e. The van der Waals surface area contributed by atoms with Crippen molar-refractivity contribution in [2.24, 2.45) is 0 Å². The van der Waals surface area contributed by atoms with E-state index in [0.29, 0.717) is 0 Å². The van der Waals surface area contributed by atoms with E-state index in [1.165, 1.54) is 19.3 Å². The predicted octanol–water partition coefficient (Wildman–Crippen LogP) is 2.40. The Kier molecular flexibility index (Phi) is 8.66. The number of hydrogen-bond donors (Lipinski definition) is 2. The molecule has 130 valence electrons. The summed E-state index contributed by atoms with van der Waals surface area (Å²) < 4.78 is 0. The van der Waals surface area contributed by atoms with Gasteiger partial charge in [0.15, 0.2) is 0 Å². The second-order valence-corrected chi connectivity index (χ2v) is 5.92. The number of nitrogens with zero attached hydrogens (tertiary/aromatic N) is 2. The Bertz CT molecular complexity index is 489. The average molecular weight is 361 g/mol. The first-order valence-electron chi connectivity index (χ1n) is 8.06. The van der Waals surface area contributed by atoms with Crippen molar-refractivity contribution in [3.8, 4) is 0 Å². The zero-order chi connectivity index (χ0) is 14.5. The molecule has 3 rings (SSSR count). The van der Waals surface area contributed by atoms with Crippen molar-refractivity contribution < 1.29 is 4.79 Å². The van der Waals surface area contributed by atoms with Crippen LogP contribution in [0.2, 0.25) is 0 Å². The molecule has 0 spiro atoms. The molecular weight excluding hydrogens is 335 g/mol. The first-order valence-corrected chi connectivity index (χ1v) is 8.06. The fraction of sp³-hybridized carbons (Fsp3) is 0.625. The lowest BCUT2D eigenvalue weighted by Gasteiger charge is -2.30. The van der Waals surface area contributed by atoms with E-state index >= 15 is 0 Å². The highest BCUT2D eigenvalue weighted by atomic mass is 35.5. The molecule has 7 heteroatoms. The van der Waals surface area contributed by atoms with Gasteiger partial charge in [-0.05, 0) is 57.3 Å². The van der Waals surface area contributed by atoms with Crippen molar-refractivity contribution in [3.63, 3.8) is 0 Å². The number of halogens is 2. The van der Waals surface area contributed by atoms with Crippen LogP contribution < -0.4 is 15.5 Å². The van der Waals surface area contributed by atoms with E-state index < -0.39 is 0 Å². The van der Waals surface area contributed by atoms with Crippen LogP contribution in [-0.2, 0) is 0 Å². The number of piperidine rings is 2. The molecule has 2 aliphatic heterocycles. The monoisotopic (exact) mass is 360 g/mol. The first-order chi connectivity index (χ1) is 10.3. The Hall–Kier alpha value is -1.04. The van der Waals surface area contributed by atoms with E-state index in [9.17, 15) is 4.79 Å². The third-order valence-electron chi connectivity index (χ3n) is 4.36. The lowest BCUT2D eigenvalue weighted by molar-refractivity contribution is 0.0929. The van der Waals surface area contributed by atoms with Crippen molar-refractivity contribution in [2.45, 2.75) is 38.1 Å². The van der Waals surface area contributed by atoms with E-state index in [-0.39, 0.29) is 36.8 Å². The summed E-state index contributed by atoms with van der Waals surface area (Å²) in [5.74, 6) is 0.874. The number of aromatic nitrogens is 1. The molecule has 0 bridgehead atoms. The standard InChI is InChI=1S/C16H24N4O.2ClH/c21-16(19-13-6-9-17-10-7-13)14-5-4-8-18-15(14)20-11-2-1-3-12-20;;/h4-5,8,13,17H,1-3,6-7,9-12H2,(H,19,21);2*1H. The first kappa shape index (κ1) is 20.0. The maximum atomic E-state index is 12.6. The zero-order valence-electron chi connectivity index (χ0n) is 13.3. The molecule has 1 aromatic heterocycles. The average Bonchev–Trinajstić information content (AvgIpc) is 2.56. The van der Waals surface area contributed by atoms with Crippen molar-refractivity contribution in [2.75, 3.05) is 31.1 Å². The van der Waals surface area contributed by atoms with Crippen molar-refractivity contribution in [1.29, 1.82) is 0 Å². The largest absolute Gasteiger partial charge is 0.356 e. The molecule has 0 saturated carbocycles. The van der Waals surface area contributed by atoms with Gasteiger partial charge in [-0.15, -0.1) is 24.8 Å². The summed E-state index contributed by atoms with van der Waals surface area (Å²) in [7, 11) is 0. The SMILES string of the molecule is Cl.Cl.O=C(NC1CCNCC1)c1cccnc1N1CCCCC1. The zero-order valence-corrected chi connectivity index (χ0v) is 14.9. The summed E-state index contributed by atoms with van der Waals surface area (Å²) in [5, 5.41) is 6.49. The number of carbonyl (C=O) groups excluding carboxylic acids is 1. The summed E-state index contributed by atoms with van der Waals surface area (Å²) in [6, 6.07) is 4.03. The van der Waals surface area contributed by atoms with Gasteiger partial charge in [0.1, 0.15) is 5.82 Å². The van der Waals surface area contributed by atoms with Crippen molar-refractivity contribution >= 4 is 36.5 Å². The maximum absolute atomic E-state index is 12.6. The van der Waals surface area contributed by atoms with Gasteiger partial charge in [-0.2, -0.15) is 0 Å². The Morgan fingerprint density at radius 3 is 2.57 bits per heavy atom. The van der Waals surface area contributed by atoms with Gasteiger partial charge < -0.3 is 15.5 Å². The van der Waals surface area contributed by atoms with E-state index in [2.05, 4.69) is 20.5 Å². The van der Waals surface area contributed by atoms with E-state index in [4.69, 9.17) is 0 Å². The van der Waals surface area contributed by atoms with Crippen molar-refractivity contribution in [1.82, 2.24) is 15.6 Å². The lowest BCUT2D eigenvalue weighted by atomic mass is 10.1. The van der Waals surface area contributed by atoms with Crippen LogP contribution in [0.15, 0.2) is 18.3 Å². The highest BCUT2D eigenvalue weighted by molar-refractivity contribution is 5.99. The van der Waals surface area contributed by atoms with Gasteiger partial charge in [0.25, 0.3) is 5.91 Å². The molecule has 0 radical (unpaired) electrons. The number of anilines is 1. The summed E-state index contributed by atoms with van der Waals surface area (Å²) in [6.45, 7) is 3.98. The molecule has 23 heavy (non-hydrogen) atoms. The number of pyridine rings is 1. The molecule has 2 saturated heterocycles. The van der Waals surface area contributed by atoms with Gasteiger partial charge in [-0.1, -0.05) is 0 Å². The van der Waals surface area contributed by atoms with E-state index in [0.717, 1.165) is 50.4 Å². The second-order valence-electron chi connectivity index (χ2n) is 5.92. The fourth-order valence-corrected chi connectivity index (χ4v) is 3.16. The lowest BCUT2D eigenvalue weighted by Crippen LogP contribution is -2.43. The third-order valence-corrected chi connectivity index (χ3v) is 4.36. The summed E-state index contributed by atoms with van der Waals surface area (Å²) in [5.41, 5.74) is 0.720. The third kappa shape index (κ3) is 5.23. The highest BCUT2D eigenvalue weighted by Crippen LogP contribution is 2.21. The normalized spacial score (nSPS) is 18.5. The van der Waals surface area contributed by atoms with Crippen LogP contribution in [0, 0.1) is 0 Å². The minimum atomic E-state index is 0. The molecule has 2 fully saturated rings. The molecule has 2 aliphatic rings. The van der Waals surface area contributed by atoms with Crippen LogP contribution >= 0.6 is 24.8 Å². The molecule has 0 unspecified atom stereocenters. The highest BCUT2D eigenvalue weighted by Gasteiger charge is 2.22. The van der Waals surface area contributed by atoms with Crippen LogP contribution in [0.1, 0.15) is 42.5 Å². The van der Waals surface area contributed by atoms with E-state index in [1.54, 1.807) is 6.20 Å². The van der Waals surface area contributed by atoms with Crippen LogP contribution in [-0.4, -0.2) is 43.1 Å². The Balaban J connectivity index is 0.00000132. The summed E-state index contributed by atoms with van der Waals surface area (Å²) >= 11 is 0. The predicted molar refractivity (Wildman–Crippen MR) is 98.2 cm³/mol. The van der Waals surface area contributed by atoms with Gasteiger partial charge in [-0.25, -0.2) is 4.98 Å². The van der Waals surface area contributed by atoms with Crippen molar-refractivity contribution in [3.05, 3.63) is 23.9 Å². The molecule has 2 N–H and O–H groups in total. The number of rotatable bonds is 3. The molecule has 0 aliphatic carbocycles. The molecule has 1 aromatic rings. The molecule has 5 nitrogen and oxygen atoms in total. The number of amides is 1. The molecule has 1 amide bonds. The topological polar surface area (TPSA) is 57.3 Å². The summed E-state index contributed by atoms with van der Waals surface area (Å²) in [4.78, 5) is 19.3. The molecule has 3 heterocycles. The fourth-order valence-electron chi connectivity index (χ4n) is 3.16. The van der Waals surface area contributed by atoms with Crippen LogP contribution in [0.5, 0.6) is 0 Å². The molecule has 0 aromatic carbocycles. The second kappa shape index (κ2) is 9.96. The number of nitrogens with one attached hydrogen (secondary N) is 2. The van der Waals surface area contributed by atoms with Crippen LogP contribution in [0.25, 0.3) is 0 Å². The van der Waals surface area contributed by atoms with Gasteiger partial charge in [-0.3, -0.25) is 4.79 Å².